The fourth-order valence-electron chi connectivity index (χ4n) is 5.02. The molecule has 2 bridgehead atoms. The molecule has 9 nitrogen and oxygen atoms in total. The molecule has 2 saturated heterocycles. The Bertz CT molecular complexity index is 1230. The molecular formula is C25H32N4O5S. The minimum Gasteiger partial charge on any atom is -0.477 e. The number of piperidine rings is 1. The first-order chi connectivity index (χ1) is 16.3. The Balaban J connectivity index is 1.44. The SMILES string of the molecule is Cc1ccc(OC(C)(C)C(=O)NC2CC3CCC(C2)N3c2ccc(C(N)=O)cn2)c(S(C)(=O)=O)c1. The van der Waals surface area contributed by atoms with E-state index in [1.807, 2.05) is 6.07 Å². The number of fused-ring (bicyclic) bond motifs is 2. The topological polar surface area (TPSA) is 132 Å². The van der Waals surface area contributed by atoms with Crippen molar-refractivity contribution in [3.05, 3.63) is 47.7 Å². The number of hydrogen-bond acceptors (Lipinski definition) is 7. The van der Waals surface area contributed by atoms with Gasteiger partial charge in [0.05, 0.1) is 5.56 Å². The summed E-state index contributed by atoms with van der Waals surface area (Å²) in [6, 6.07) is 8.83. The molecule has 0 spiro atoms. The van der Waals surface area contributed by atoms with Gasteiger partial charge in [0.15, 0.2) is 15.4 Å². The molecule has 4 rings (SSSR count). The van der Waals surface area contributed by atoms with Crippen LogP contribution in [0.5, 0.6) is 5.75 Å². The van der Waals surface area contributed by atoms with Crippen molar-refractivity contribution in [3.8, 4) is 5.75 Å². The Hall–Kier alpha value is -3.14. The Labute approximate surface area is 206 Å². The molecule has 2 aliphatic heterocycles. The standard InChI is InChI=1S/C25H32N4O5S/c1-15-5-9-20(21(11-15)35(4,32)33)34-25(2,3)24(31)28-17-12-18-7-8-19(13-17)29(18)22-10-6-16(14-27-22)23(26)30/h5-6,9-11,14,17-19H,7-8,12-13H2,1-4H3,(H2,26,30)(H,28,31). The predicted molar refractivity (Wildman–Crippen MR) is 132 cm³/mol. The number of anilines is 1. The molecule has 2 unspecified atom stereocenters. The van der Waals surface area contributed by atoms with Crippen LogP contribution < -0.4 is 20.7 Å². The third-order valence-electron chi connectivity index (χ3n) is 6.78. The summed E-state index contributed by atoms with van der Waals surface area (Å²) < 4.78 is 30.4. The summed E-state index contributed by atoms with van der Waals surface area (Å²) in [5, 5.41) is 3.12. The van der Waals surface area contributed by atoms with E-state index in [4.69, 9.17) is 10.5 Å². The van der Waals surface area contributed by atoms with E-state index in [-0.39, 0.29) is 34.7 Å². The Morgan fingerprint density at radius 3 is 2.34 bits per heavy atom. The zero-order chi connectivity index (χ0) is 25.5. The van der Waals surface area contributed by atoms with E-state index < -0.39 is 21.3 Å². The second-order valence-electron chi connectivity index (χ2n) is 10.0. The van der Waals surface area contributed by atoms with Crippen molar-refractivity contribution in [2.45, 2.75) is 75.1 Å². The van der Waals surface area contributed by atoms with Crippen molar-refractivity contribution in [3.63, 3.8) is 0 Å². The second kappa shape index (κ2) is 9.14. The lowest BCUT2D eigenvalue weighted by molar-refractivity contribution is -0.135. The van der Waals surface area contributed by atoms with Crippen LogP contribution in [0.3, 0.4) is 0 Å². The maximum absolute atomic E-state index is 13.2. The van der Waals surface area contributed by atoms with Gasteiger partial charge in [-0.2, -0.15) is 0 Å². The first kappa shape index (κ1) is 25.0. The number of carbonyl (C=O) groups excluding carboxylic acids is 2. The average molecular weight is 501 g/mol. The maximum atomic E-state index is 13.2. The molecule has 3 N–H and O–H groups in total. The number of aromatic nitrogens is 1. The van der Waals surface area contributed by atoms with Crippen molar-refractivity contribution < 1.29 is 22.7 Å². The van der Waals surface area contributed by atoms with Crippen LogP contribution in [-0.4, -0.2) is 55.2 Å². The van der Waals surface area contributed by atoms with E-state index in [0.717, 1.165) is 43.3 Å². The van der Waals surface area contributed by atoms with Crippen LogP contribution >= 0.6 is 0 Å². The molecule has 2 fully saturated rings. The van der Waals surface area contributed by atoms with Gasteiger partial charge in [-0.3, -0.25) is 9.59 Å². The fraction of sp³-hybridized carbons (Fsp3) is 0.480. The van der Waals surface area contributed by atoms with Crippen molar-refractivity contribution in [2.75, 3.05) is 11.2 Å². The number of sulfone groups is 1. The molecule has 0 aliphatic carbocycles. The lowest BCUT2D eigenvalue weighted by Gasteiger charge is -2.40. The van der Waals surface area contributed by atoms with E-state index in [9.17, 15) is 18.0 Å². The largest absolute Gasteiger partial charge is 0.477 e. The number of benzene rings is 1. The number of nitrogens with zero attached hydrogens (tertiary/aromatic N) is 2. The second-order valence-corrected chi connectivity index (χ2v) is 12.0. The minimum absolute atomic E-state index is 0.0311. The number of nitrogens with one attached hydrogen (secondary N) is 1. The molecule has 2 aromatic rings. The van der Waals surface area contributed by atoms with E-state index >= 15 is 0 Å². The lowest BCUT2D eigenvalue weighted by atomic mass is 9.96. The zero-order valence-electron chi connectivity index (χ0n) is 20.4. The summed E-state index contributed by atoms with van der Waals surface area (Å²) in [6.07, 6.45) is 6.14. The van der Waals surface area contributed by atoms with Crippen molar-refractivity contribution in [2.24, 2.45) is 5.73 Å². The number of primary amides is 1. The number of nitrogens with two attached hydrogens (primary N) is 1. The summed E-state index contributed by atoms with van der Waals surface area (Å²) in [4.78, 5) is 31.3. The van der Waals surface area contributed by atoms with Gasteiger partial charge in [-0.15, -0.1) is 0 Å². The molecule has 0 saturated carbocycles. The highest BCUT2D eigenvalue weighted by Gasteiger charge is 2.43. The van der Waals surface area contributed by atoms with Gasteiger partial charge in [0.1, 0.15) is 16.5 Å². The van der Waals surface area contributed by atoms with Crippen LogP contribution in [-0.2, 0) is 14.6 Å². The Morgan fingerprint density at radius 1 is 1.14 bits per heavy atom. The summed E-state index contributed by atoms with van der Waals surface area (Å²) in [5.41, 5.74) is 5.22. The summed E-state index contributed by atoms with van der Waals surface area (Å²) in [5.74, 6) is 0.175. The summed E-state index contributed by atoms with van der Waals surface area (Å²) >= 11 is 0. The number of hydrogen-bond donors (Lipinski definition) is 2. The highest BCUT2D eigenvalue weighted by molar-refractivity contribution is 7.90. The molecule has 2 amide bonds. The number of pyridine rings is 1. The molecule has 35 heavy (non-hydrogen) atoms. The predicted octanol–water partition coefficient (Wildman–Crippen LogP) is 2.37. The molecule has 2 aliphatic rings. The molecule has 10 heteroatoms. The first-order valence-corrected chi connectivity index (χ1v) is 13.6. The van der Waals surface area contributed by atoms with Gasteiger partial charge in [0, 0.05) is 30.6 Å². The van der Waals surface area contributed by atoms with Crippen LogP contribution in [0, 0.1) is 6.92 Å². The lowest BCUT2D eigenvalue weighted by Crippen LogP contribution is -2.55. The van der Waals surface area contributed by atoms with Gasteiger partial charge in [-0.05, 0) is 76.3 Å². The fourth-order valence-corrected chi connectivity index (χ4v) is 5.90. The van der Waals surface area contributed by atoms with Crippen molar-refractivity contribution >= 4 is 27.5 Å². The van der Waals surface area contributed by atoms with Crippen LogP contribution in [0.4, 0.5) is 5.82 Å². The molecule has 1 aromatic heterocycles. The van der Waals surface area contributed by atoms with E-state index in [1.54, 1.807) is 45.0 Å². The zero-order valence-corrected chi connectivity index (χ0v) is 21.3. The van der Waals surface area contributed by atoms with Gasteiger partial charge < -0.3 is 20.7 Å². The van der Waals surface area contributed by atoms with Gasteiger partial charge in [0.2, 0.25) is 5.91 Å². The van der Waals surface area contributed by atoms with Crippen molar-refractivity contribution in [1.82, 2.24) is 10.3 Å². The van der Waals surface area contributed by atoms with Crippen LogP contribution in [0.15, 0.2) is 41.4 Å². The Morgan fingerprint density at radius 2 is 1.80 bits per heavy atom. The number of carbonyl (C=O) groups is 2. The van der Waals surface area contributed by atoms with Crippen LogP contribution in [0.25, 0.3) is 0 Å². The summed E-state index contributed by atoms with van der Waals surface area (Å²) in [7, 11) is -3.52. The van der Waals surface area contributed by atoms with Gasteiger partial charge >= 0.3 is 0 Å². The summed E-state index contributed by atoms with van der Waals surface area (Å²) in [6.45, 7) is 5.09. The minimum atomic E-state index is -3.52. The third-order valence-corrected chi connectivity index (χ3v) is 7.89. The Kier molecular flexibility index (Phi) is 6.52. The average Bonchev–Trinajstić information content (AvgIpc) is 3.04. The number of ether oxygens (including phenoxy) is 1. The van der Waals surface area contributed by atoms with E-state index in [0.29, 0.717) is 5.56 Å². The molecular weight excluding hydrogens is 468 g/mol. The van der Waals surface area contributed by atoms with Crippen molar-refractivity contribution in [1.29, 1.82) is 0 Å². The molecule has 2 atom stereocenters. The maximum Gasteiger partial charge on any atom is 0.263 e. The van der Waals surface area contributed by atoms with E-state index in [1.165, 1.54) is 6.20 Å². The molecule has 3 heterocycles. The first-order valence-electron chi connectivity index (χ1n) is 11.7. The van der Waals surface area contributed by atoms with Crippen LogP contribution in [0.1, 0.15) is 55.5 Å². The van der Waals surface area contributed by atoms with E-state index in [2.05, 4.69) is 15.2 Å². The number of aryl methyl sites for hydroxylation is 1. The smallest absolute Gasteiger partial charge is 0.263 e. The van der Waals surface area contributed by atoms with Crippen LogP contribution in [0.2, 0.25) is 0 Å². The normalized spacial score (nSPS) is 22.1. The monoisotopic (exact) mass is 500 g/mol. The molecule has 0 radical (unpaired) electrons. The quantitative estimate of drug-likeness (QED) is 0.596. The number of rotatable bonds is 7. The van der Waals surface area contributed by atoms with Gasteiger partial charge in [0.25, 0.3) is 5.91 Å². The third kappa shape index (κ3) is 5.27. The van der Waals surface area contributed by atoms with Gasteiger partial charge in [-0.1, -0.05) is 6.07 Å². The molecule has 1 aromatic carbocycles. The highest BCUT2D eigenvalue weighted by atomic mass is 32.2. The highest BCUT2D eigenvalue weighted by Crippen LogP contribution is 2.39. The number of amides is 2. The van der Waals surface area contributed by atoms with Gasteiger partial charge in [-0.25, -0.2) is 13.4 Å². The molecule has 188 valence electrons.